The van der Waals surface area contributed by atoms with E-state index >= 15 is 0 Å². The Balaban J connectivity index is 2.37. The average Bonchev–Trinajstić information content (AvgIpc) is 3.08. The minimum atomic E-state index is -1.22. The van der Waals surface area contributed by atoms with Crippen molar-refractivity contribution in [1.29, 1.82) is 0 Å². The number of fused-ring (bicyclic) bond motifs is 1. The maximum absolute atomic E-state index is 12.9. The average molecular weight is 421 g/mol. The summed E-state index contributed by atoms with van der Waals surface area (Å²) >= 11 is 0. The molecule has 1 N–H and O–H groups in total. The zero-order valence-electron chi connectivity index (χ0n) is 18.0. The number of nitrogens with one attached hydrogen (secondary N) is 1. The number of cyclic esters (lactones) is 1. The fourth-order valence-electron chi connectivity index (χ4n) is 3.36. The van der Waals surface area contributed by atoms with E-state index in [1.165, 1.54) is 7.11 Å². The highest BCUT2D eigenvalue weighted by molar-refractivity contribution is 6.06. The number of carbonyl (C=O) groups is 3. The van der Waals surface area contributed by atoms with E-state index in [4.69, 9.17) is 14.2 Å². The molecule has 0 bridgehead atoms. The highest BCUT2D eigenvalue weighted by Crippen LogP contribution is 2.41. The standard InChI is InChI=1S/C22H28FNO6/c1-12(2)30-18(26)9-7-13(3)6-8-15-20(24-17(25)10-23)19-16(11-29-22(19)27)14(4)21(15)28-5/h6,12H,7-11H2,1-5H3,(H,24,25). The summed E-state index contributed by atoms with van der Waals surface area (Å²) in [4.78, 5) is 35.8. The molecule has 1 amide bonds. The predicted octanol–water partition coefficient (Wildman–Crippen LogP) is 3.80. The van der Waals surface area contributed by atoms with Gasteiger partial charge >= 0.3 is 11.9 Å². The molecule has 0 radical (unpaired) electrons. The van der Waals surface area contributed by atoms with E-state index < -0.39 is 18.6 Å². The highest BCUT2D eigenvalue weighted by Gasteiger charge is 2.32. The summed E-state index contributed by atoms with van der Waals surface area (Å²) in [5, 5.41) is 2.49. The summed E-state index contributed by atoms with van der Waals surface area (Å²) in [6, 6.07) is 0. The molecule has 0 aliphatic carbocycles. The summed E-state index contributed by atoms with van der Waals surface area (Å²) < 4.78 is 28.7. The molecule has 1 aliphatic heterocycles. The number of hydrogen-bond donors (Lipinski definition) is 1. The highest BCUT2D eigenvalue weighted by atomic mass is 19.1. The molecule has 8 heteroatoms. The molecule has 1 aliphatic rings. The molecule has 7 nitrogen and oxygen atoms in total. The molecule has 0 spiro atoms. The van der Waals surface area contributed by atoms with Gasteiger partial charge in [-0.2, -0.15) is 0 Å². The summed E-state index contributed by atoms with van der Waals surface area (Å²) in [5.41, 5.74) is 3.28. The van der Waals surface area contributed by atoms with Crippen LogP contribution in [0.2, 0.25) is 0 Å². The van der Waals surface area contributed by atoms with Gasteiger partial charge in [-0.25, -0.2) is 9.18 Å². The molecule has 0 unspecified atom stereocenters. The number of halogens is 1. The third kappa shape index (κ3) is 5.37. The topological polar surface area (TPSA) is 90.9 Å². The number of carbonyl (C=O) groups excluding carboxylic acids is 3. The number of esters is 2. The normalized spacial score (nSPS) is 13.2. The second kappa shape index (κ2) is 10.2. The first kappa shape index (κ1) is 23.4. The largest absolute Gasteiger partial charge is 0.496 e. The number of ether oxygens (including phenoxy) is 3. The Hall–Kier alpha value is -2.90. The van der Waals surface area contributed by atoms with E-state index in [1.54, 1.807) is 13.8 Å². The van der Waals surface area contributed by atoms with E-state index in [9.17, 15) is 18.8 Å². The number of alkyl halides is 1. The van der Waals surface area contributed by atoms with Crippen LogP contribution in [0, 0.1) is 6.92 Å². The second-order valence-corrected chi connectivity index (χ2v) is 7.42. The number of allylic oxidation sites excluding steroid dienone is 2. The van der Waals surface area contributed by atoms with Crippen LogP contribution in [0.25, 0.3) is 0 Å². The Bertz CT molecular complexity index is 875. The van der Waals surface area contributed by atoms with Gasteiger partial charge in [0.1, 0.15) is 12.4 Å². The minimum Gasteiger partial charge on any atom is -0.496 e. The molecule has 0 saturated heterocycles. The van der Waals surface area contributed by atoms with Crippen LogP contribution in [0.5, 0.6) is 5.75 Å². The zero-order chi connectivity index (χ0) is 22.4. The van der Waals surface area contributed by atoms with Crippen molar-refractivity contribution in [1.82, 2.24) is 0 Å². The maximum atomic E-state index is 12.9. The van der Waals surface area contributed by atoms with Crippen molar-refractivity contribution in [3.05, 3.63) is 33.9 Å². The van der Waals surface area contributed by atoms with Crippen molar-refractivity contribution >= 4 is 23.5 Å². The van der Waals surface area contributed by atoms with Crippen molar-refractivity contribution in [2.45, 2.75) is 59.7 Å². The van der Waals surface area contributed by atoms with Gasteiger partial charge in [-0.1, -0.05) is 11.6 Å². The van der Waals surface area contributed by atoms with Crippen molar-refractivity contribution in [3.8, 4) is 5.75 Å². The summed E-state index contributed by atoms with van der Waals surface area (Å²) in [6.45, 7) is 6.13. The number of methoxy groups -OCH3 is 1. The monoisotopic (exact) mass is 421 g/mol. The van der Waals surface area contributed by atoms with Gasteiger partial charge in [0.25, 0.3) is 5.91 Å². The van der Waals surface area contributed by atoms with E-state index in [0.29, 0.717) is 29.7 Å². The van der Waals surface area contributed by atoms with Crippen molar-refractivity contribution < 1.29 is 33.0 Å². The molecule has 0 fully saturated rings. The lowest BCUT2D eigenvalue weighted by Crippen LogP contribution is -2.18. The molecule has 1 aromatic carbocycles. The molecular weight excluding hydrogens is 393 g/mol. The number of benzene rings is 1. The third-order valence-electron chi connectivity index (χ3n) is 4.81. The second-order valence-electron chi connectivity index (χ2n) is 7.42. The number of hydrogen-bond acceptors (Lipinski definition) is 6. The van der Waals surface area contributed by atoms with Crippen molar-refractivity contribution in [3.63, 3.8) is 0 Å². The third-order valence-corrected chi connectivity index (χ3v) is 4.81. The minimum absolute atomic E-state index is 0.0714. The summed E-state index contributed by atoms with van der Waals surface area (Å²) in [5.74, 6) is -1.20. The van der Waals surface area contributed by atoms with Crippen molar-refractivity contribution in [2.75, 3.05) is 19.1 Å². The van der Waals surface area contributed by atoms with Gasteiger partial charge in [-0.05, 0) is 46.1 Å². The van der Waals surface area contributed by atoms with Gasteiger partial charge in [0.2, 0.25) is 0 Å². The van der Waals surface area contributed by atoms with E-state index in [0.717, 1.165) is 11.1 Å². The number of rotatable bonds is 9. The Kier molecular flexibility index (Phi) is 7.97. The van der Waals surface area contributed by atoms with Crippen molar-refractivity contribution in [2.24, 2.45) is 0 Å². The Labute approximate surface area is 175 Å². The Morgan fingerprint density at radius 2 is 2.00 bits per heavy atom. The van der Waals surface area contributed by atoms with Crippen LogP contribution in [-0.2, 0) is 32.1 Å². The van der Waals surface area contributed by atoms with Gasteiger partial charge in [0.05, 0.1) is 24.5 Å². The number of anilines is 1. The summed E-state index contributed by atoms with van der Waals surface area (Å²) in [6.07, 6.45) is 2.79. The molecule has 1 heterocycles. The molecule has 0 saturated carbocycles. The van der Waals surface area contributed by atoms with Gasteiger partial charge in [0, 0.05) is 17.5 Å². The number of amides is 1. The van der Waals surface area contributed by atoms with E-state index in [-0.39, 0.29) is 36.4 Å². The fourth-order valence-corrected chi connectivity index (χ4v) is 3.36. The SMILES string of the molecule is COc1c(C)c2c(c(NC(=O)CF)c1CC=C(C)CCC(=O)OC(C)C)C(=O)OC2. The molecule has 30 heavy (non-hydrogen) atoms. The molecule has 0 aromatic heterocycles. The lowest BCUT2D eigenvalue weighted by molar-refractivity contribution is -0.147. The van der Waals surface area contributed by atoms with Crippen LogP contribution in [0.4, 0.5) is 10.1 Å². The van der Waals surface area contributed by atoms with Gasteiger partial charge in [-0.3, -0.25) is 9.59 Å². The predicted molar refractivity (Wildman–Crippen MR) is 109 cm³/mol. The Morgan fingerprint density at radius 3 is 2.60 bits per heavy atom. The lowest BCUT2D eigenvalue weighted by Gasteiger charge is -2.19. The first-order valence-corrected chi connectivity index (χ1v) is 9.79. The molecule has 0 atom stereocenters. The van der Waals surface area contributed by atoms with Crippen LogP contribution >= 0.6 is 0 Å². The summed E-state index contributed by atoms with van der Waals surface area (Å²) in [7, 11) is 1.50. The molecule has 2 rings (SSSR count). The Morgan fingerprint density at radius 1 is 1.30 bits per heavy atom. The van der Waals surface area contributed by atoms with Gasteiger partial charge in [0.15, 0.2) is 6.67 Å². The lowest BCUT2D eigenvalue weighted by atomic mass is 9.93. The van der Waals surface area contributed by atoms with Crippen LogP contribution < -0.4 is 10.1 Å². The van der Waals surface area contributed by atoms with Crippen LogP contribution in [0.3, 0.4) is 0 Å². The molecule has 164 valence electrons. The van der Waals surface area contributed by atoms with Crippen LogP contribution in [-0.4, -0.2) is 37.7 Å². The first-order valence-electron chi connectivity index (χ1n) is 9.79. The van der Waals surface area contributed by atoms with Crippen LogP contribution in [0.15, 0.2) is 11.6 Å². The fraction of sp³-hybridized carbons (Fsp3) is 0.500. The van der Waals surface area contributed by atoms with E-state index in [2.05, 4.69) is 5.32 Å². The van der Waals surface area contributed by atoms with Crippen LogP contribution in [0.1, 0.15) is 60.7 Å². The molecule has 1 aromatic rings. The van der Waals surface area contributed by atoms with E-state index in [1.807, 2.05) is 19.9 Å². The zero-order valence-corrected chi connectivity index (χ0v) is 18.0. The van der Waals surface area contributed by atoms with Gasteiger partial charge in [-0.15, -0.1) is 0 Å². The maximum Gasteiger partial charge on any atom is 0.341 e. The quantitative estimate of drug-likeness (QED) is 0.482. The molecular formula is C22H28FNO6. The first-order chi connectivity index (χ1) is 14.2. The van der Waals surface area contributed by atoms with Gasteiger partial charge < -0.3 is 19.5 Å². The smallest absolute Gasteiger partial charge is 0.341 e.